The van der Waals surface area contributed by atoms with Crippen molar-refractivity contribution in [2.45, 2.75) is 33.6 Å². The molecule has 0 heterocycles. The third kappa shape index (κ3) is 6.22. The summed E-state index contributed by atoms with van der Waals surface area (Å²) in [6.07, 6.45) is 8.78. The van der Waals surface area contributed by atoms with E-state index in [2.05, 4.69) is 49.5 Å². The van der Waals surface area contributed by atoms with E-state index in [9.17, 15) is 9.59 Å². The van der Waals surface area contributed by atoms with Crippen molar-refractivity contribution in [1.82, 2.24) is 10.6 Å². The minimum Gasteiger partial charge on any atom is -0.351 e. The van der Waals surface area contributed by atoms with Gasteiger partial charge in [0.15, 0.2) is 0 Å². The van der Waals surface area contributed by atoms with Crippen LogP contribution in [-0.2, 0) is 4.79 Å². The Bertz CT molecular complexity index is 840. The Kier molecular flexibility index (Phi) is 8.04. The molecule has 1 aliphatic rings. The van der Waals surface area contributed by atoms with E-state index < -0.39 is 0 Å². The second kappa shape index (κ2) is 10.5. The van der Waals surface area contributed by atoms with Crippen molar-refractivity contribution in [3.8, 4) is 18.4 Å². The molecular formula is C24H29N3O2. The van der Waals surface area contributed by atoms with E-state index in [-0.39, 0.29) is 30.2 Å². The summed E-state index contributed by atoms with van der Waals surface area (Å²) in [6.45, 7) is 7.24. The molecule has 2 N–H and O–H groups in total. The predicted octanol–water partition coefficient (Wildman–Crippen LogP) is 3.28. The maximum atomic E-state index is 12.5. The highest BCUT2D eigenvalue weighted by Gasteiger charge is 2.32. The third-order valence-electron chi connectivity index (χ3n) is 5.68. The molecular weight excluding hydrogens is 362 g/mol. The SMILES string of the molecule is C#CCNC(=O)C[C@@H]1C[C@@H](C(C)C)[C@H](CNC(=O)c2ccc(C#N)cc2)C=C1C. The lowest BCUT2D eigenvalue weighted by atomic mass is 9.69. The van der Waals surface area contributed by atoms with E-state index in [1.54, 1.807) is 24.3 Å². The number of hydrogen-bond acceptors (Lipinski definition) is 3. The lowest BCUT2D eigenvalue weighted by Gasteiger charge is -2.37. The van der Waals surface area contributed by atoms with Crippen LogP contribution in [0.4, 0.5) is 0 Å². The van der Waals surface area contributed by atoms with Gasteiger partial charge in [0.1, 0.15) is 0 Å². The Labute approximate surface area is 173 Å². The summed E-state index contributed by atoms with van der Waals surface area (Å²) in [5, 5.41) is 14.6. The number of allylic oxidation sites excluding steroid dienone is 1. The van der Waals surface area contributed by atoms with Crippen molar-refractivity contribution >= 4 is 11.8 Å². The molecule has 0 aromatic heterocycles. The maximum Gasteiger partial charge on any atom is 0.251 e. The van der Waals surface area contributed by atoms with Gasteiger partial charge in [0.25, 0.3) is 5.91 Å². The molecule has 1 aromatic rings. The lowest BCUT2D eigenvalue weighted by molar-refractivity contribution is -0.121. The highest BCUT2D eigenvalue weighted by molar-refractivity contribution is 5.94. The molecule has 2 rings (SSSR count). The van der Waals surface area contributed by atoms with Crippen LogP contribution in [0, 0.1) is 47.3 Å². The number of carbonyl (C=O) groups excluding carboxylic acids is 2. The van der Waals surface area contributed by atoms with Crippen molar-refractivity contribution in [3.05, 3.63) is 47.0 Å². The summed E-state index contributed by atoms with van der Waals surface area (Å²) in [6, 6.07) is 8.68. The Hall–Kier alpha value is -3.05. The van der Waals surface area contributed by atoms with Crippen LogP contribution in [-0.4, -0.2) is 24.9 Å². The molecule has 1 aliphatic carbocycles. The van der Waals surface area contributed by atoms with Crippen LogP contribution in [0.1, 0.15) is 49.5 Å². The first-order valence-corrected chi connectivity index (χ1v) is 10.0. The highest BCUT2D eigenvalue weighted by atomic mass is 16.2. The van der Waals surface area contributed by atoms with Crippen LogP contribution in [0.2, 0.25) is 0 Å². The predicted molar refractivity (Wildman–Crippen MR) is 114 cm³/mol. The van der Waals surface area contributed by atoms with Crippen molar-refractivity contribution in [3.63, 3.8) is 0 Å². The van der Waals surface area contributed by atoms with Gasteiger partial charge in [0.2, 0.25) is 5.91 Å². The van der Waals surface area contributed by atoms with Gasteiger partial charge in [-0.25, -0.2) is 0 Å². The Morgan fingerprint density at radius 1 is 1.24 bits per heavy atom. The topological polar surface area (TPSA) is 82.0 Å². The van der Waals surface area contributed by atoms with E-state index in [4.69, 9.17) is 11.7 Å². The van der Waals surface area contributed by atoms with E-state index in [1.165, 1.54) is 5.57 Å². The summed E-state index contributed by atoms with van der Waals surface area (Å²) < 4.78 is 0. The molecule has 1 aromatic carbocycles. The van der Waals surface area contributed by atoms with Crippen molar-refractivity contribution < 1.29 is 9.59 Å². The van der Waals surface area contributed by atoms with E-state index >= 15 is 0 Å². The average Bonchev–Trinajstić information content (AvgIpc) is 2.71. The quantitative estimate of drug-likeness (QED) is 0.553. The van der Waals surface area contributed by atoms with Crippen LogP contribution in [0.5, 0.6) is 0 Å². The first-order valence-electron chi connectivity index (χ1n) is 10.0. The molecule has 0 spiro atoms. The number of nitrogens with zero attached hydrogens (tertiary/aromatic N) is 1. The third-order valence-corrected chi connectivity index (χ3v) is 5.68. The lowest BCUT2D eigenvalue weighted by Crippen LogP contribution is -2.37. The molecule has 0 saturated carbocycles. The van der Waals surface area contributed by atoms with Gasteiger partial charge in [-0.2, -0.15) is 5.26 Å². The summed E-state index contributed by atoms with van der Waals surface area (Å²) in [5.41, 5.74) is 2.27. The van der Waals surface area contributed by atoms with Gasteiger partial charge in [0.05, 0.1) is 18.2 Å². The molecule has 2 amide bonds. The zero-order chi connectivity index (χ0) is 21.4. The molecule has 152 valence electrons. The average molecular weight is 392 g/mol. The molecule has 0 aliphatic heterocycles. The van der Waals surface area contributed by atoms with Gasteiger partial charge in [-0.05, 0) is 61.3 Å². The minimum absolute atomic E-state index is 0.0178. The molecule has 5 heteroatoms. The summed E-state index contributed by atoms with van der Waals surface area (Å²) >= 11 is 0. The molecule has 29 heavy (non-hydrogen) atoms. The normalized spacial score (nSPS) is 20.9. The summed E-state index contributed by atoms with van der Waals surface area (Å²) in [4.78, 5) is 24.6. The number of nitriles is 1. The highest BCUT2D eigenvalue weighted by Crippen LogP contribution is 2.38. The summed E-state index contributed by atoms with van der Waals surface area (Å²) in [5.74, 6) is 3.51. The smallest absolute Gasteiger partial charge is 0.251 e. The zero-order valence-electron chi connectivity index (χ0n) is 17.4. The van der Waals surface area contributed by atoms with Crippen LogP contribution < -0.4 is 10.6 Å². The van der Waals surface area contributed by atoms with E-state index in [0.29, 0.717) is 35.9 Å². The maximum absolute atomic E-state index is 12.5. The zero-order valence-corrected chi connectivity index (χ0v) is 17.4. The second-order valence-electron chi connectivity index (χ2n) is 8.00. The largest absolute Gasteiger partial charge is 0.351 e. The van der Waals surface area contributed by atoms with E-state index in [0.717, 1.165) is 6.42 Å². The Morgan fingerprint density at radius 2 is 1.93 bits per heavy atom. The Balaban J connectivity index is 2.03. The van der Waals surface area contributed by atoms with Gasteiger partial charge in [-0.1, -0.05) is 31.4 Å². The van der Waals surface area contributed by atoms with Crippen molar-refractivity contribution in [1.29, 1.82) is 5.26 Å². The van der Waals surface area contributed by atoms with Crippen LogP contribution in [0.3, 0.4) is 0 Å². The van der Waals surface area contributed by atoms with Gasteiger partial charge in [-0.15, -0.1) is 6.42 Å². The number of nitrogens with one attached hydrogen (secondary N) is 2. The van der Waals surface area contributed by atoms with E-state index in [1.807, 2.05) is 0 Å². The molecule has 3 atom stereocenters. The molecule has 0 unspecified atom stereocenters. The minimum atomic E-state index is -0.140. The van der Waals surface area contributed by atoms with Gasteiger partial charge in [0, 0.05) is 18.5 Å². The van der Waals surface area contributed by atoms with Crippen LogP contribution in [0.15, 0.2) is 35.9 Å². The number of carbonyl (C=O) groups is 2. The fraction of sp³-hybridized carbons (Fsp3) is 0.458. The number of rotatable bonds is 7. The van der Waals surface area contributed by atoms with Crippen molar-refractivity contribution in [2.75, 3.05) is 13.1 Å². The number of hydrogen-bond donors (Lipinski definition) is 2. The van der Waals surface area contributed by atoms with Crippen molar-refractivity contribution in [2.24, 2.45) is 23.7 Å². The van der Waals surface area contributed by atoms with Crippen LogP contribution >= 0.6 is 0 Å². The summed E-state index contributed by atoms with van der Waals surface area (Å²) in [7, 11) is 0. The fourth-order valence-corrected chi connectivity index (χ4v) is 3.96. The standard InChI is InChI=1S/C24H29N3O2/c1-5-10-26-23(28)13-20-12-22(16(2)3)21(11-17(20)4)15-27-24(29)19-8-6-18(14-25)7-9-19/h1,6-9,11,16,20-22H,10,12-13,15H2,2-4H3,(H,26,28)(H,27,29)/t20-,21-,22-/m0/s1. The Morgan fingerprint density at radius 3 is 2.52 bits per heavy atom. The number of amides is 2. The van der Waals surface area contributed by atoms with Gasteiger partial charge in [-0.3, -0.25) is 9.59 Å². The number of terminal acetylenes is 1. The molecule has 0 saturated heterocycles. The first kappa shape index (κ1) is 22.2. The van der Waals surface area contributed by atoms with Gasteiger partial charge >= 0.3 is 0 Å². The molecule has 0 radical (unpaired) electrons. The molecule has 0 bridgehead atoms. The monoisotopic (exact) mass is 391 g/mol. The molecule has 5 nitrogen and oxygen atoms in total. The molecule has 0 fully saturated rings. The first-order chi connectivity index (χ1) is 13.8. The number of benzene rings is 1. The van der Waals surface area contributed by atoms with Gasteiger partial charge < -0.3 is 10.6 Å². The van der Waals surface area contributed by atoms with Crippen LogP contribution in [0.25, 0.3) is 0 Å². The fourth-order valence-electron chi connectivity index (χ4n) is 3.96. The second-order valence-corrected chi connectivity index (χ2v) is 8.00.